The van der Waals surface area contributed by atoms with Gasteiger partial charge in [-0.1, -0.05) is 54.1 Å². The lowest BCUT2D eigenvalue weighted by atomic mass is 9.79. The van der Waals surface area contributed by atoms with Crippen LogP contribution in [0.1, 0.15) is 42.9 Å². The van der Waals surface area contributed by atoms with Gasteiger partial charge in [-0.05, 0) is 44.6 Å². The first-order valence-electron chi connectivity index (χ1n) is 10.7. The molecular formula is C26H23ClF2N4. The van der Waals surface area contributed by atoms with Crippen LogP contribution in [-0.4, -0.2) is 26.7 Å². The van der Waals surface area contributed by atoms with E-state index in [4.69, 9.17) is 11.6 Å². The van der Waals surface area contributed by atoms with Gasteiger partial charge in [0.05, 0.1) is 11.6 Å². The Hall–Kier alpha value is -3.30. The van der Waals surface area contributed by atoms with E-state index in [2.05, 4.69) is 32.1 Å². The largest absolute Gasteiger partial charge is 0.380 e. The first kappa shape index (κ1) is 22.9. The van der Waals surface area contributed by atoms with Crippen LogP contribution in [-0.2, 0) is 0 Å². The molecule has 0 spiro atoms. The SMILES string of the molecule is CCC(C)Nc1c(C2C(F)=CC=CC2(F)C#Cc2ccc(C)cc2)c(Cl)nc2nccnc12. The summed E-state index contributed by atoms with van der Waals surface area (Å²) in [6.45, 7) is 5.93. The van der Waals surface area contributed by atoms with Crippen molar-refractivity contribution in [3.05, 3.63) is 82.6 Å². The van der Waals surface area contributed by atoms with Crippen LogP contribution in [0.25, 0.3) is 11.2 Å². The van der Waals surface area contributed by atoms with Crippen LogP contribution < -0.4 is 5.32 Å². The van der Waals surface area contributed by atoms with Crippen LogP contribution in [0, 0.1) is 18.8 Å². The van der Waals surface area contributed by atoms with E-state index in [0.717, 1.165) is 12.0 Å². The second-order valence-electron chi connectivity index (χ2n) is 8.10. The number of fused-ring (bicyclic) bond motifs is 1. The maximum atomic E-state index is 16.4. The summed E-state index contributed by atoms with van der Waals surface area (Å²) >= 11 is 6.54. The summed E-state index contributed by atoms with van der Waals surface area (Å²) in [6, 6.07) is 7.37. The summed E-state index contributed by atoms with van der Waals surface area (Å²) in [6.07, 6.45) is 7.59. The van der Waals surface area contributed by atoms with Crippen LogP contribution in [0.4, 0.5) is 14.5 Å². The molecule has 4 nitrogen and oxygen atoms in total. The molecule has 0 bridgehead atoms. The van der Waals surface area contributed by atoms with E-state index >= 15 is 8.78 Å². The third-order valence-corrected chi connectivity index (χ3v) is 5.93. The number of aryl methyl sites for hydroxylation is 1. The van der Waals surface area contributed by atoms with E-state index in [1.807, 2.05) is 32.9 Å². The number of hydrogen-bond donors (Lipinski definition) is 1. The van der Waals surface area contributed by atoms with Crippen LogP contribution >= 0.6 is 11.6 Å². The molecule has 2 aromatic heterocycles. The maximum Gasteiger partial charge on any atom is 0.203 e. The minimum Gasteiger partial charge on any atom is -0.380 e. The summed E-state index contributed by atoms with van der Waals surface area (Å²) in [5, 5.41) is 3.28. The number of pyridine rings is 1. The van der Waals surface area contributed by atoms with Gasteiger partial charge in [0.15, 0.2) is 5.65 Å². The number of halogens is 3. The average molecular weight is 465 g/mol. The molecule has 1 aliphatic carbocycles. The van der Waals surface area contributed by atoms with E-state index in [1.54, 1.807) is 12.1 Å². The van der Waals surface area contributed by atoms with Crippen molar-refractivity contribution in [3.63, 3.8) is 0 Å². The van der Waals surface area contributed by atoms with Gasteiger partial charge in [0, 0.05) is 29.6 Å². The molecule has 3 atom stereocenters. The lowest BCUT2D eigenvalue weighted by Gasteiger charge is -2.31. The Labute approximate surface area is 196 Å². The van der Waals surface area contributed by atoms with Crippen molar-refractivity contribution in [1.82, 2.24) is 15.0 Å². The molecule has 1 aromatic carbocycles. The molecule has 2 heterocycles. The lowest BCUT2D eigenvalue weighted by molar-refractivity contribution is 0.254. The highest BCUT2D eigenvalue weighted by atomic mass is 35.5. The highest BCUT2D eigenvalue weighted by molar-refractivity contribution is 6.31. The molecule has 3 aromatic rings. The standard InChI is InChI=1S/C26H23ClF2N4/c1-4-17(3)32-22-20(24(27)33-25-23(22)30-14-15-31-25)21-19(28)6-5-12-26(21,29)13-11-18-9-7-16(2)8-10-18/h5-10,12,14-15,17,21H,4H2,1-3H3,(H,31,32,33). The summed E-state index contributed by atoms with van der Waals surface area (Å²) in [5.74, 6) is 3.38. The molecule has 3 unspecified atom stereocenters. The van der Waals surface area contributed by atoms with Crippen LogP contribution in [0.2, 0.25) is 5.15 Å². The van der Waals surface area contributed by atoms with Crippen molar-refractivity contribution in [2.75, 3.05) is 5.32 Å². The predicted octanol–water partition coefficient (Wildman–Crippen LogP) is 6.46. The Morgan fingerprint density at radius 1 is 1.21 bits per heavy atom. The third kappa shape index (κ3) is 4.60. The number of nitrogens with zero attached hydrogens (tertiary/aromatic N) is 3. The minimum atomic E-state index is -2.35. The number of hydrogen-bond acceptors (Lipinski definition) is 4. The van der Waals surface area contributed by atoms with Crippen molar-refractivity contribution < 1.29 is 8.78 Å². The van der Waals surface area contributed by atoms with E-state index < -0.39 is 17.4 Å². The number of anilines is 1. The lowest BCUT2D eigenvalue weighted by Crippen LogP contribution is -2.32. The normalized spacial score (nSPS) is 20.7. The maximum absolute atomic E-state index is 16.4. The summed E-state index contributed by atoms with van der Waals surface area (Å²) < 4.78 is 31.8. The molecule has 1 aliphatic rings. The zero-order valence-electron chi connectivity index (χ0n) is 18.5. The Bertz CT molecular complexity index is 1310. The summed E-state index contributed by atoms with van der Waals surface area (Å²) in [5.41, 5.74) is 0.620. The molecule has 0 radical (unpaired) electrons. The van der Waals surface area contributed by atoms with Crippen molar-refractivity contribution in [2.45, 2.75) is 44.8 Å². The van der Waals surface area contributed by atoms with Gasteiger partial charge in [-0.15, -0.1) is 0 Å². The predicted molar refractivity (Wildman–Crippen MR) is 129 cm³/mol. The molecule has 168 valence electrons. The Balaban J connectivity index is 1.91. The molecule has 1 N–H and O–H groups in total. The monoisotopic (exact) mass is 464 g/mol. The van der Waals surface area contributed by atoms with Crippen molar-refractivity contribution in [3.8, 4) is 11.8 Å². The molecule has 0 amide bonds. The molecular weight excluding hydrogens is 442 g/mol. The highest BCUT2D eigenvalue weighted by Gasteiger charge is 2.44. The minimum absolute atomic E-state index is 0.00810. The molecule has 7 heteroatoms. The van der Waals surface area contributed by atoms with Crippen LogP contribution in [0.15, 0.2) is 60.7 Å². The highest BCUT2D eigenvalue weighted by Crippen LogP contribution is 2.48. The van der Waals surface area contributed by atoms with Gasteiger partial charge in [0.1, 0.15) is 16.5 Å². The zero-order valence-corrected chi connectivity index (χ0v) is 19.3. The summed E-state index contributed by atoms with van der Waals surface area (Å²) in [7, 11) is 0. The fourth-order valence-electron chi connectivity index (χ4n) is 3.67. The van der Waals surface area contributed by atoms with Gasteiger partial charge in [-0.25, -0.2) is 23.7 Å². The van der Waals surface area contributed by atoms with Crippen LogP contribution in [0.3, 0.4) is 0 Å². The Morgan fingerprint density at radius 3 is 2.67 bits per heavy atom. The molecule has 0 aliphatic heterocycles. The van der Waals surface area contributed by atoms with Crippen molar-refractivity contribution in [2.24, 2.45) is 0 Å². The van der Waals surface area contributed by atoms with Gasteiger partial charge >= 0.3 is 0 Å². The second kappa shape index (κ2) is 9.29. The topological polar surface area (TPSA) is 50.7 Å². The average Bonchev–Trinajstić information content (AvgIpc) is 2.80. The first-order valence-corrected chi connectivity index (χ1v) is 11.1. The van der Waals surface area contributed by atoms with Crippen LogP contribution in [0.5, 0.6) is 0 Å². The smallest absolute Gasteiger partial charge is 0.203 e. The third-order valence-electron chi connectivity index (χ3n) is 5.64. The number of allylic oxidation sites excluding steroid dienone is 4. The molecule has 0 fully saturated rings. The number of rotatable bonds is 4. The summed E-state index contributed by atoms with van der Waals surface area (Å²) in [4.78, 5) is 12.9. The molecule has 0 saturated heterocycles. The molecule has 33 heavy (non-hydrogen) atoms. The fourth-order valence-corrected chi connectivity index (χ4v) is 3.95. The quantitative estimate of drug-likeness (QED) is 0.355. The van der Waals surface area contributed by atoms with Gasteiger partial charge in [-0.3, -0.25) is 0 Å². The van der Waals surface area contributed by atoms with E-state index in [0.29, 0.717) is 22.4 Å². The van der Waals surface area contributed by atoms with Gasteiger partial charge in [-0.2, -0.15) is 0 Å². The fraction of sp³-hybridized carbons (Fsp3) is 0.269. The Morgan fingerprint density at radius 2 is 1.94 bits per heavy atom. The van der Waals surface area contributed by atoms with E-state index in [9.17, 15) is 0 Å². The zero-order chi connectivity index (χ0) is 23.6. The second-order valence-corrected chi connectivity index (χ2v) is 8.46. The molecule has 0 saturated carbocycles. The van der Waals surface area contributed by atoms with Gasteiger partial charge in [0.25, 0.3) is 0 Å². The first-order chi connectivity index (χ1) is 15.8. The van der Waals surface area contributed by atoms with Gasteiger partial charge < -0.3 is 5.32 Å². The van der Waals surface area contributed by atoms with Crippen molar-refractivity contribution >= 4 is 28.5 Å². The number of alkyl halides is 1. The molecule has 4 rings (SSSR count). The van der Waals surface area contributed by atoms with Gasteiger partial charge in [0.2, 0.25) is 5.67 Å². The number of aromatic nitrogens is 3. The Kier molecular flexibility index (Phi) is 6.44. The van der Waals surface area contributed by atoms with E-state index in [-0.39, 0.29) is 16.8 Å². The van der Waals surface area contributed by atoms with Crippen molar-refractivity contribution in [1.29, 1.82) is 0 Å². The number of benzene rings is 1. The van der Waals surface area contributed by atoms with E-state index in [1.165, 1.54) is 30.6 Å². The number of nitrogens with one attached hydrogen (secondary N) is 1.